The minimum atomic E-state index is -0.0730. The van der Waals surface area contributed by atoms with Gasteiger partial charge in [0, 0.05) is 157 Å². The van der Waals surface area contributed by atoms with Crippen LogP contribution in [-0.4, -0.2) is 176 Å². The van der Waals surface area contributed by atoms with Crippen molar-refractivity contribution < 1.29 is 14.4 Å². The lowest BCUT2D eigenvalue weighted by atomic mass is 9.94. The highest BCUT2D eigenvalue weighted by atomic mass is 16.2. The molecule has 0 radical (unpaired) electrons. The van der Waals surface area contributed by atoms with E-state index in [-0.39, 0.29) is 17.7 Å². The van der Waals surface area contributed by atoms with Crippen molar-refractivity contribution in [2.45, 2.75) is 26.6 Å². The third-order valence-electron chi connectivity index (χ3n) is 20.0. The van der Waals surface area contributed by atoms with Crippen molar-refractivity contribution in [3.8, 4) is 33.5 Å². The Balaban J connectivity index is 0.000000117. The predicted octanol–water partition coefficient (Wildman–Crippen LogP) is 10.2. The summed E-state index contributed by atoms with van der Waals surface area (Å²) < 4.78 is 2.05. The molecular weight excluding hydrogens is 1250 g/mol. The number of imidazole rings is 1. The second-order valence-electron chi connectivity index (χ2n) is 26.2. The quantitative estimate of drug-likeness (QED) is 0.0566. The van der Waals surface area contributed by atoms with Gasteiger partial charge in [0.15, 0.2) is 0 Å². The van der Waals surface area contributed by atoms with Crippen LogP contribution < -0.4 is 46.6 Å². The first-order valence-electron chi connectivity index (χ1n) is 34.0. The minimum Gasteiger partial charge on any atom is -0.368 e. The fourth-order valence-electron chi connectivity index (χ4n) is 14.5. The van der Waals surface area contributed by atoms with Crippen molar-refractivity contribution in [1.29, 1.82) is 0 Å². The fraction of sp³-hybridized carbons (Fsp3) is 0.250. The number of nitrogens with one attached hydrogen (secondary N) is 8. The number of hydrogen-bond donors (Lipinski definition) is 8. The maximum absolute atomic E-state index is 12.8. The molecule has 9 aromatic heterocycles. The number of nitrogens with zero attached hydrogens (tertiary/aromatic N) is 13. The van der Waals surface area contributed by atoms with E-state index in [0.29, 0.717) is 36.3 Å². The van der Waals surface area contributed by atoms with E-state index in [0.717, 1.165) is 214 Å². The second-order valence-corrected chi connectivity index (χ2v) is 26.2. The van der Waals surface area contributed by atoms with Crippen molar-refractivity contribution in [2.24, 2.45) is 0 Å². The van der Waals surface area contributed by atoms with Crippen LogP contribution in [0.4, 0.5) is 51.6 Å². The summed E-state index contributed by atoms with van der Waals surface area (Å²) in [4.78, 5) is 86.3. The number of rotatable bonds is 12. The van der Waals surface area contributed by atoms with Gasteiger partial charge in [-0.15, -0.1) is 0 Å². The molecule has 6 aliphatic heterocycles. The molecule has 24 heteroatoms. The lowest BCUT2D eigenvalue weighted by Crippen LogP contribution is -2.44. The van der Waals surface area contributed by atoms with E-state index in [2.05, 4.69) is 171 Å². The smallest absolute Gasteiger partial charge is 0.254 e. The molecule has 504 valence electrons. The maximum atomic E-state index is 12.8. The van der Waals surface area contributed by atoms with E-state index in [1.807, 2.05) is 109 Å². The van der Waals surface area contributed by atoms with Crippen LogP contribution in [0.2, 0.25) is 0 Å². The first kappa shape index (κ1) is 63.0. The number of H-pyrrole nitrogens is 2. The van der Waals surface area contributed by atoms with Gasteiger partial charge in [0.1, 0.15) is 28.7 Å². The van der Waals surface area contributed by atoms with Crippen molar-refractivity contribution in [1.82, 2.24) is 74.9 Å². The summed E-state index contributed by atoms with van der Waals surface area (Å²) in [5.74, 6) is 1.96. The van der Waals surface area contributed by atoms with Gasteiger partial charge < -0.3 is 71.3 Å². The number of anilines is 9. The molecule has 0 saturated carbocycles. The molecule has 3 amide bonds. The Labute approximate surface area is 577 Å². The summed E-state index contributed by atoms with van der Waals surface area (Å²) in [6.45, 7) is 15.9. The van der Waals surface area contributed by atoms with Crippen LogP contribution in [0.1, 0.15) is 53.5 Å². The number of amides is 3. The molecule has 3 saturated heterocycles. The van der Waals surface area contributed by atoms with Crippen LogP contribution in [0.3, 0.4) is 0 Å². The van der Waals surface area contributed by atoms with Crippen LogP contribution in [0.25, 0.3) is 61.2 Å². The van der Waals surface area contributed by atoms with Crippen LogP contribution >= 0.6 is 0 Å². The largest absolute Gasteiger partial charge is 0.368 e. The van der Waals surface area contributed by atoms with Gasteiger partial charge in [0.2, 0.25) is 0 Å². The highest BCUT2D eigenvalue weighted by Crippen LogP contribution is 2.42. The number of fused-ring (bicyclic) bond motifs is 6. The van der Waals surface area contributed by atoms with Gasteiger partial charge in [0.25, 0.3) is 17.7 Å². The summed E-state index contributed by atoms with van der Waals surface area (Å²) in [6.07, 6.45) is 15.0. The van der Waals surface area contributed by atoms with E-state index in [1.54, 1.807) is 18.6 Å². The van der Waals surface area contributed by atoms with Crippen molar-refractivity contribution in [3.05, 3.63) is 204 Å². The molecule has 0 aliphatic carbocycles. The van der Waals surface area contributed by atoms with Gasteiger partial charge in [-0.05, 0) is 147 Å². The number of carbonyl (C=O) groups excluding carboxylic acids is 3. The number of benzene rings is 3. The van der Waals surface area contributed by atoms with E-state index >= 15 is 0 Å². The number of hydrogen-bond acceptors (Lipinski definition) is 18. The number of likely N-dealkylation sites (N-methyl/N-ethyl adjacent to an activating group) is 3. The third-order valence-corrected chi connectivity index (χ3v) is 20.0. The molecule has 12 aromatic rings. The average Bonchev–Trinajstić information content (AvgIpc) is 1.65. The molecular formula is C76H77N21O3. The molecule has 0 bridgehead atoms. The zero-order valence-corrected chi connectivity index (χ0v) is 56.2. The molecule has 0 atom stereocenters. The predicted molar refractivity (Wildman–Crippen MR) is 394 cm³/mol. The Morgan fingerprint density at radius 2 is 0.890 bits per heavy atom. The zero-order valence-electron chi connectivity index (χ0n) is 56.2. The SMILES string of the molecule is CN1CCN(c2ccc(Nc3ccc(-c4c[nH]c5cccnc45)c4c3C(=O)NC4)nc2)CC1.CN1CCN(c2ccc(Nc3ccc(-c4cccc5nccn45)c4c3C(=O)NC4)nc2)CC1.Cc1[nH]c2ncccc2c1-c1ccc(Nc2ccc(N3CCN(C)CC3)cn2)c2c1CNC2=O. The number of pyridine rings is 6. The molecule has 0 spiro atoms. The Bertz CT molecular complexity index is 5060. The van der Waals surface area contributed by atoms with Gasteiger partial charge in [-0.1, -0.05) is 24.3 Å². The molecule has 3 aromatic carbocycles. The standard InChI is InChI=1S/C26H27N7O.2C25H25N7O/c1-16-23(19-4-3-9-27-25(19)30-16)18-6-7-21(24-20(18)15-29-26(24)34)31-22-8-5-17(14-28-22)33-12-10-32(2)11-13-33;1-31-9-11-32(12-10-31)16-4-7-22(28-13-16)30-20-6-5-17(18-14-29-25(33)23(18)20)19-15-27-21-3-2-8-26-24(19)21;1-30-11-13-31(14-12-30)17-5-8-22(27-15-17)29-20-7-6-18(19-16-28-25(33)24(19)20)21-3-2-4-23-26-9-10-32(21)23/h3-9,14H,10-13,15H2,1-2H3,(H,27,30)(H,28,31)(H,29,34);2-8,13,15,27H,9-12,14H2,1H3,(H,28,30)(H,29,33);2-10,15H,11-14,16H2,1H3,(H,27,29)(H,28,33). The van der Waals surface area contributed by atoms with Crippen LogP contribution in [0.15, 0.2) is 165 Å². The van der Waals surface area contributed by atoms with Crippen molar-refractivity contribution in [3.63, 3.8) is 0 Å². The summed E-state index contributed by atoms with van der Waals surface area (Å²) in [7, 11) is 6.45. The summed E-state index contributed by atoms with van der Waals surface area (Å²) in [5.41, 5.74) is 21.5. The van der Waals surface area contributed by atoms with Crippen LogP contribution in [0, 0.1) is 6.92 Å². The van der Waals surface area contributed by atoms with Gasteiger partial charge in [-0.2, -0.15) is 0 Å². The Morgan fingerprint density at radius 3 is 1.40 bits per heavy atom. The van der Waals surface area contributed by atoms with Gasteiger partial charge in [-0.25, -0.2) is 24.9 Å². The molecule has 0 unspecified atom stereocenters. The van der Waals surface area contributed by atoms with Crippen molar-refractivity contribution in [2.75, 3.05) is 130 Å². The van der Waals surface area contributed by atoms with E-state index in [4.69, 9.17) is 0 Å². The van der Waals surface area contributed by atoms with Gasteiger partial charge in [-0.3, -0.25) is 23.8 Å². The molecule has 6 aliphatic rings. The average molecular weight is 1330 g/mol. The van der Waals surface area contributed by atoms with Crippen LogP contribution in [-0.2, 0) is 19.6 Å². The summed E-state index contributed by atoms with van der Waals surface area (Å²) >= 11 is 0. The van der Waals surface area contributed by atoms with Gasteiger partial charge >= 0.3 is 0 Å². The highest BCUT2D eigenvalue weighted by molar-refractivity contribution is 6.10. The first-order valence-corrected chi connectivity index (χ1v) is 34.0. The molecule has 24 nitrogen and oxygen atoms in total. The molecule has 8 N–H and O–H groups in total. The van der Waals surface area contributed by atoms with E-state index in [9.17, 15) is 14.4 Å². The number of aryl methyl sites for hydroxylation is 1. The highest BCUT2D eigenvalue weighted by Gasteiger charge is 2.31. The number of carbonyl (C=O) groups is 3. The van der Waals surface area contributed by atoms with E-state index < -0.39 is 0 Å². The molecule has 15 heterocycles. The lowest BCUT2D eigenvalue weighted by molar-refractivity contribution is 0.0958. The number of piperazine rings is 3. The summed E-state index contributed by atoms with van der Waals surface area (Å²) in [6, 6.07) is 38.3. The Kier molecular flexibility index (Phi) is 17.0. The Hall–Kier alpha value is -11.7. The summed E-state index contributed by atoms with van der Waals surface area (Å²) in [5, 5.41) is 20.1. The van der Waals surface area contributed by atoms with Gasteiger partial charge in [0.05, 0.1) is 86.1 Å². The number of aromatic nitrogens is 9. The third kappa shape index (κ3) is 12.4. The van der Waals surface area contributed by atoms with Crippen molar-refractivity contribution >= 4 is 97.0 Å². The maximum Gasteiger partial charge on any atom is 0.254 e. The van der Waals surface area contributed by atoms with Crippen LogP contribution in [0.5, 0.6) is 0 Å². The normalized spacial score (nSPS) is 16.1. The molecule has 3 fully saturated rings. The zero-order chi connectivity index (χ0) is 68.0. The van der Waals surface area contributed by atoms with E-state index in [1.165, 1.54) is 0 Å². The second kappa shape index (κ2) is 26.9. The first-order chi connectivity index (χ1) is 48.9. The minimum absolute atomic E-state index is 0.0657. The molecule has 18 rings (SSSR count). The monoisotopic (exact) mass is 1330 g/mol. The molecule has 100 heavy (non-hydrogen) atoms. The fourth-order valence-corrected chi connectivity index (χ4v) is 14.5. The topological polar surface area (TPSA) is 256 Å². The number of aromatic amines is 2. The Morgan fingerprint density at radius 1 is 0.420 bits per heavy atom. The lowest BCUT2D eigenvalue weighted by Gasteiger charge is -2.33.